The highest BCUT2D eigenvalue weighted by Gasteiger charge is 2.26. The van der Waals surface area contributed by atoms with Crippen LogP contribution in [0.3, 0.4) is 0 Å². The number of thioether (sulfide) groups is 2. The van der Waals surface area contributed by atoms with Crippen LogP contribution in [0.1, 0.15) is 26.3 Å². The molecule has 4 rings (SSSR count). The van der Waals surface area contributed by atoms with E-state index in [1.54, 1.807) is 15.4 Å². The highest BCUT2D eigenvalue weighted by atomic mass is 32.2. The van der Waals surface area contributed by atoms with Crippen LogP contribution in [0.4, 0.5) is 5.82 Å². The number of anilines is 1. The number of aromatic nitrogens is 6. The van der Waals surface area contributed by atoms with Gasteiger partial charge in [-0.05, 0) is 20.1 Å². The smallest absolute Gasteiger partial charge is 0.254 e. The topological polar surface area (TPSA) is 120 Å². The molecule has 10 nitrogen and oxygen atoms in total. The molecule has 3 aromatic heterocycles. The first-order valence-electron chi connectivity index (χ1n) is 9.97. The lowest BCUT2D eigenvalue weighted by Gasteiger charge is -2.13. The molecule has 0 saturated carbocycles. The summed E-state index contributed by atoms with van der Waals surface area (Å²) in [4.78, 5) is 37.9. The van der Waals surface area contributed by atoms with E-state index in [2.05, 4.69) is 44.5 Å². The van der Waals surface area contributed by atoms with Gasteiger partial charge < -0.3 is 10.6 Å². The van der Waals surface area contributed by atoms with E-state index >= 15 is 0 Å². The lowest BCUT2D eigenvalue weighted by Crippen LogP contribution is -2.32. The van der Waals surface area contributed by atoms with Crippen LogP contribution >= 0.6 is 23.5 Å². The van der Waals surface area contributed by atoms with Crippen molar-refractivity contribution < 1.29 is 4.79 Å². The molecule has 31 heavy (non-hydrogen) atoms. The minimum absolute atomic E-state index is 0.104. The molecule has 1 atom stereocenters. The Labute approximate surface area is 187 Å². The second-order valence-corrected chi connectivity index (χ2v) is 9.18. The largest absolute Gasteiger partial charge is 0.367 e. The van der Waals surface area contributed by atoms with Gasteiger partial charge in [0.25, 0.3) is 5.56 Å². The maximum atomic E-state index is 12.5. The first-order valence-corrected chi connectivity index (χ1v) is 12.2. The predicted octanol–water partition coefficient (Wildman–Crippen LogP) is 1.78. The minimum atomic E-state index is -0.173. The van der Waals surface area contributed by atoms with Gasteiger partial charge >= 0.3 is 0 Å². The van der Waals surface area contributed by atoms with E-state index in [9.17, 15) is 9.59 Å². The normalized spacial score (nSPS) is 15.4. The Balaban J connectivity index is 1.40. The fraction of sp³-hybridized carbons (Fsp3) is 0.474. The molecular weight excluding hydrogens is 436 g/mol. The summed E-state index contributed by atoms with van der Waals surface area (Å²) in [6.07, 6.45) is 5.43. The Bertz CT molecular complexity index is 1160. The van der Waals surface area contributed by atoms with Crippen LogP contribution in [0.2, 0.25) is 0 Å². The van der Waals surface area contributed by atoms with Crippen molar-refractivity contribution in [3.8, 4) is 0 Å². The number of rotatable bonds is 8. The van der Waals surface area contributed by atoms with Gasteiger partial charge in [-0.25, -0.2) is 19.6 Å². The zero-order chi connectivity index (χ0) is 22.0. The number of hydrogen-bond donors (Lipinski definition) is 2. The van der Waals surface area contributed by atoms with E-state index in [4.69, 9.17) is 0 Å². The standard InChI is InChI=1S/C19H24N8O2S2/c1-11(2)23-16-13-9-22-26(17(13)25-18(24-16)30-3)7-6-20-14(28)8-12-10-31-19-21-5-4-15(29)27(12)19/h4-5,9,11-12H,6-8,10H2,1-3H3,(H,20,28)(H,23,24,25). The SMILES string of the molecule is CSc1nc(NC(C)C)c2cnn(CCNC(=O)CC3CSc4nccc(=O)n43)c2n1. The van der Waals surface area contributed by atoms with E-state index in [1.807, 2.05) is 6.26 Å². The molecular formula is C19H24N8O2S2. The number of nitrogens with one attached hydrogen (secondary N) is 2. The van der Waals surface area contributed by atoms with Crippen molar-refractivity contribution in [3.63, 3.8) is 0 Å². The van der Waals surface area contributed by atoms with Gasteiger partial charge in [-0.1, -0.05) is 23.5 Å². The average molecular weight is 461 g/mol. The van der Waals surface area contributed by atoms with Gasteiger partial charge in [-0.15, -0.1) is 0 Å². The summed E-state index contributed by atoms with van der Waals surface area (Å²) in [5.74, 6) is 1.33. The van der Waals surface area contributed by atoms with Gasteiger partial charge in [-0.2, -0.15) is 5.10 Å². The number of nitrogens with zero attached hydrogens (tertiary/aromatic N) is 6. The molecule has 0 fully saturated rings. The third-order valence-corrected chi connectivity index (χ3v) is 6.43. The van der Waals surface area contributed by atoms with E-state index in [-0.39, 0.29) is 30.0 Å². The number of fused-ring (bicyclic) bond motifs is 2. The van der Waals surface area contributed by atoms with Crippen molar-refractivity contribution in [2.75, 3.05) is 23.9 Å². The molecule has 4 heterocycles. The first-order chi connectivity index (χ1) is 15.0. The van der Waals surface area contributed by atoms with Crippen molar-refractivity contribution in [2.24, 2.45) is 0 Å². The van der Waals surface area contributed by atoms with Crippen LogP contribution in [-0.4, -0.2) is 59.8 Å². The molecule has 1 aliphatic heterocycles. The molecule has 0 aromatic carbocycles. The highest BCUT2D eigenvalue weighted by Crippen LogP contribution is 2.31. The number of carbonyl (C=O) groups is 1. The van der Waals surface area contributed by atoms with E-state index in [1.165, 1.54) is 35.8 Å². The lowest BCUT2D eigenvalue weighted by molar-refractivity contribution is -0.121. The first kappa shape index (κ1) is 21.6. The minimum Gasteiger partial charge on any atom is -0.367 e. The third-order valence-electron chi connectivity index (χ3n) is 4.77. The van der Waals surface area contributed by atoms with Crippen molar-refractivity contribution >= 4 is 46.3 Å². The number of hydrogen-bond acceptors (Lipinski definition) is 9. The van der Waals surface area contributed by atoms with Crippen LogP contribution in [-0.2, 0) is 11.3 Å². The zero-order valence-electron chi connectivity index (χ0n) is 17.5. The van der Waals surface area contributed by atoms with Crippen LogP contribution in [0.5, 0.6) is 0 Å². The van der Waals surface area contributed by atoms with Crippen LogP contribution in [0.15, 0.2) is 33.6 Å². The zero-order valence-corrected chi connectivity index (χ0v) is 19.2. The summed E-state index contributed by atoms with van der Waals surface area (Å²) in [6, 6.07) is 1.49. The van der Waals surface area contributed by atoms with Gasteiger partial charge in [0.2, 0.25) is 5.91 Å². The van der Waals surface area contributed by atoms with Crippen molar-refractivity contribution in [2.45, 2.75) is 49.2 Å². The molecule has 0 bridgehead atoms. The second-order valence-electron chi connectivity index (χ2n) is 7.42. The molecule has 164 valence electrons. The summed E-state index contributed by atoms with van der Waals surface area (Å²) in [7, 11) is 0. The van der Waals surface area contributed by atoms with Crippen molar-refractivity contribution in [1.82, 2.24) is 34.6 Å². The molecule has 1 amide bonds. The lowest BCUT2D eigenvalue weighted by atomic mass is 10.2. The van der Waals surface area contributed by atoms with Crippen molar-refractivity contribution in [3.05, 3.63) is 28.8 Å². The van der Waals surface area contributed by atoms with Crippen LogP contribution < -0.4 is 16.2 Å². The van der Waals surface area contributed by atoms with Gasteiger partial charge in [0.05, 0.1) is 24.2 Å². The number of amides is 1. The Hall–Kier alpha value is -2.60. The molecule has 0 radical (unpaired) electrons. The monoisotopic (exact) mass is 460 g/mol. The van der Waals surface area contributed by atoms with Gasteiger partial charge in [-0.3, -0.25) is 14.2 Å². The fourth-order valence-corrected chi connectivity index (χ4v) is 4.88. The second kappa shape index (κ2) is 9.27. The molecule has 0 aliphatic carbocycles. The molecule has 1 unspecified atom stereocenters. The quantitative estimate of drug-likeness (QED) is 0.383. The molecule has 12 heteroatoms. The summed E-state index contributed by atoms with van der Waals surface area (Å²) in [5, 5.41) is 12.9. The summed E-state index contributed by atoms with van der Waals surface area (Å²) < 4.78 is 3.38. The molecule has 0 spiro atoms. The van der Waals surface area contributed by atoms with Gasteiger partial charge in [0, 0.05) is 37.0 Å². The molecule has 2 N–H and O–H groups in total. The van der Waals surface area contributed by atoms with Gasteiger partial charge in [0.15, 0.2) is 16.0 Å². The predicted molar refractivity (Wildman–Crippen MR) is 122 cm³/mol. The third kappa shape index (κ3) is 4.69. The fourth-order valence-electron chi connectivity index (χ4n) is 3.40. The Morgan fingerprint density at radius 2 is 2.23 bits per heavy atom. The maximum Gasteiger partial charge on any atom is 0.254 e. The molecule has 0 saturated heterocycles. The Morgan fingerprint density at radius 3 is 3.00 bits per heavy atom. The maximum absolute atomic E-state index is 12.5. The van der Waals surface area contributed by atoms with E-state index < -0.39 is 0 Å². The Kier molecular flexibility index (Phi) is 6.46. The number of carbonyl (C=O) groups excluding carboxylic acids is 1. The molecule has 3 aromatic rings. The van der Waals surface area contributed by atoms with Gasteiger partial charge in [0.1, 0.15) is 5.82 Å². The van der Waals surface area contributed by atoms with E-state index in [0.717, 1.165) is 16.9 Å². The van der Waals surface area contributed by atoms with Crippen molar-refractivity contribution in [1.29, 1.82) is 0 Å². The van der Waals surface area contributed by atoms with E-state index in [0.29, 0.717) is 29.2 Å². The summed E-state index contributed by atoms with van der Waals surface area (Å²) >= 11 is 2.97. The van der Waals surface area contributed by atoms with Crippen LogP contribution in [0.25, 0.3) is 11.0 Å². The summed E-state index contributed by atoms with van der Waals surface area (Å²) in [6.45, 7) is 5.00. The average Bonchev–Trinajstić information content (AvgIpc) is 3.33. The molecule has 1 aliphatic rings. The van der Waals surface area contributed by atoms with Crippen LogP contribution in [0, 0.1) is 0 Å². The highest BCUT2D eigenvalue weighted by molar-refractivity contribution is 7.99. The Morgan fingerprint density at radius 1 is 1.39 bits per heavy atom. The summed E-state index contributed by atoms with van der Waals surface area (Å²) in [5.41, 5.74) is 0.612.